The molecular formula is C20H25NO2S. The molecule has 24 heavy (non-hydrogen) atoms. The Morgan fingerprint density at radius 3 is 2.62 bits per heavy atom. The van der Waals surface area contributed by atoms with E-state index < -0.39 is 0 Å². The molecule has 0 saturated carbocycles. The van der Waals surface area contributed by atoms with Crippen molar-refractivity contribution in [2.45, 2.75) is 37.5 Å². The van der Waals surface area contributed by atoms with Crippen molar-refractivity contribution in [2.75, 3.05) is 19.8 Å². The topological polar surface area (TPSA) is 38.3 Å². The number of aryl methyl sites for hydroxylation is 1. The number of carbonyl (C=O) groups is 1. The van der Waals surface area contributed by atoms with Crippen LogP contribution in [0.4, 0.5) is 0 Å². The van der Waals surface area contributed by atoms with E-state index in [-0.39, 0.29) is 11.3 Å². The van der Waals surface area contributed by atoms with Gasteiger partial charge < -0.3 is 10.1 Å². The molecule has 1 aliphatic heterocycles. The fourth-order valence-electron chi connectivity index (χ4n) is 3.31. The van der Waals surface area contributed by atoms with Gasteiger partial charge in [-0.3, -0.25) is 4.79 Å². The molecule has 0 bridgehead atoms. The highest BCUT2D eigenvalue weighted by molar-refractivity contribution is 7.10. The lowest BCUT2D eigenvalue weighted by atomic mass is 9.78. The Morgan fingerprint density at radius 1 is 1.12 bits per heavy atom. The lowest BCUT2D eigenvalue weighted by Crippen LogP contribution is -2.44. The van der Waals surface area contributed by atoms with E-state index in [0.717, 1.165) is 45.4 Å². The number of hydrogen-bond donors (Lipinski definition) is 1. The number of nitrogens with one attached hydrogen (secondary N) is 1. The summed E-state index contributed by atoms with van der Waals surface area (Å²) in [4.78, 5) is 13.6. The minimum atomic E-state index is 0.0571. The van der Waals surface area contributed by atoms with E-state index in [2.05, 4.69) is 35.0 Å². The van der Waals surface area contributed by atoms with Crippen molar-refractivity contribution in [3.05, 3.63) is 58.3 Å². The summed E-state index contributed by atoms with van der Waals surface area (Å²) in [5.41, 5.74) is 1.35. The molecule has 0 spiro atoms. The molecule has 0 unspecified atom stereocenters. The molecule has 0 aliphatic carbocycles. The first-order chi connectivity index (χ1) is 11.8. The zero-order valence-electron chi connectivity index (χ0n) is 14.0. The normalized spacial score (nSPS) is 16.7. The Kier molecular flexibility index (Phi) is 6.05. The lowest BCUT2D eigenvalue weighted by molar-refractivity contribution is -0.121. The zero-order chi connectivity index (χ0) is 16.7. The molecule has 1 aromatic heterocycles. The third-order valence-electron chi connectivity index (χ3n) is 4.83. The van der Waals surface area contributed by atoms with Crippen molar-refractivity contribution in [1.82, 2.24) is 5.32 Å². The van der Waals surface area contributed by atoms with Gasteiger partial charge in [-0.15, -0.1) is 11.3 Å². The highest BCUT2D eigenvalue weighted by atomic mass is 32.1. The lowest BCUT2D eigenvalue weighted by Gasteiger charge is -2.36. The number of rotatable bonds is 7. The fraction of sp³-hybridized carbons (Fsp3) is 0.450. The van der Waals surface area contributed by atoms with Crippen LogP contribution in [0, 0.1) is 0 Å². The Hall–Kier alpha value is -1.65. The van der Waals surface area contributed by atoms with Crippen LogP contribution in [0.2, 0.25) is 0 Å². The monoisotopic (exact) mass is 343 g/mol. The Morgan fingerprint density at radius 2 is 1.92 bits per heavy atom. The molecule has 1 N–H and O–H groups in total. The van der Waals surface area contributed by atoms with Crippen LogP contribution in [-0.4, -0.2) is 25.7 Å². The maximum atomic E-state index is 12.2. The Labute approximate surface area is 148 Å². The molecule has 1 aliphatic rings. The second-order valence-electron chi connectivity index (χ2n) is 6.49. The first-order valence-electron chi connectivity index (χ1n) is 8.71. The van der Waals surface area contributed by atoms with Gasteiger partial charge in [0.25, 0.3) is 0 Å². The summed E-state index contributed by atoms with van der Waals surface area (Å²) in [5.74, 6) is 0.161. The third-order valence-corrected chi connectivity index (χ3v) is 5.95. The van der Waals surface area contributed by atoms with Gasteiger partial charge in [0.1, 0.15) is 0 Å². The zero-order valence-corrected chi connectivity index (χ0v) is 14.8. The van der Waals surface area contributed by atoms with Crippen molar-refractivity contribution in [3.63, 3.8) is 0 Å². The fourth-order valence-corrected chi connectivity index (χ4v) is 4.29. The minimum absolute atomic E-state index is 0.0571. The molecule has 1 fully saturated rings. The van der Waals surface area contributed by atoms with Gasteiger partial charge in [0.15, 0.2) is 0 Å². The number of hydrogen-bond acceptors (Lipinski definition) is 3. The molecule has 1 saturated heterocycles. The van der Waals surface area contributed by atoms with Crippen LogP contribution in [0.3, 0.4) is 0 Å². The van der Waals surface area contributed by atoms with Crippen LogP contribution in [0.15, 0.2) is 47.8 Å². The van der Waals surface area contributed by atoms with Crippen molar-refractivity contribution >= 4 is 17.2 Å². The summed E-state index contributed by atoms with van der Waals surface area (Å²) in [6.45, 7) is 2.28. The number of carbonyl (C=O) groups excluding carboxylic acids is 1. The summed E-state index contributed by atoms with van der Waals surface area (Å²) in [6.07, 6.45) is 4.41. The van der Waals surface area contributed by atoms with Crippen molar-refractivity contribution < 1.29 is 9.53 Å². The molecule has 0 atom stereocenters. The van der Waals surface area contributed by atoms with E-state index in [9.17, 15) is 4.79 Å². The number of benzene rings is 1. The summed E-state index contributed by atoms with van der Waals surface area (Å²) < 4.78 is 5.54. The molecule has 4 heteroatoms. The van der Waals surface area contributed by atoms with Crippen LogP contribution in [0.25, 0.3) is 0 Å². The summed E-state index contributed by atoms with van der Waals surface area (Å²) in [5, 5.41) is 5.30. The number of ether oxygens (including phenoxy) is 1. The minimum Gasteiger partial charge on any atom is -0.381 e. The molecule has 128 valence electrons. The van der Waals surface area contributed by atoms with Crippen LogP contribution in [-0.2, 0) is 21.4 Å². The quantitative estimate of drug-likeness (QED) is 0.827. The molecule has 2 aromatic rings. The van der Waals surface area contributed by atoms with Crippen molar-refractivity contribution in [1.29, 1.82) is 0 Å². The smallest absolute Gasteiger partial charge is 0.220 e. The van der Waals surface area contributed by atoms with E-state index >= 15 is 0 Å². The maximum absolute atomic E-state index is 12.2. The molecule has 3 nitrogen and oxygen atoms in total. The van der Waals surface area contributed by atoms with Gasteiger partial charge in [0.2, 0.25) is 5.91 Å². The first-order valence-corrected chi connectivity index (χ1v) is 9.59. The molecule has 2 heterocycles. The highest BCUT2D eigenvalue weighted by Crippen LogP contribution is 2.36. The van der Waals surface area contributed by atoms with E-state index in [0.29, 0.717) is 6.42 Å². The van der Waals surface area contributed by atoms with E-state index in [1.54, 1.807) is 11.3 Å². The summed E-state index contributed by atoms with van der Waals surface area (Å²) >= 11 is 1.79. The van der Waals surface area contributed by atoms with Gasteiger partial charge >= 0.3 is 0 Å². The van der Waals surface area contributed by atoms with Gasteiger partial charge in [0.05, 0.1) is 0 Å². The summed E-state index contributed by atoms with van der Waals surface area (Å²) in [6, 6.07) is 14.6. The Bertz CT molecular complexity index is 618. The van der Waals surface area contributed by atoms with Crippen LogP contribution < -0.4 is 5.32 Å². The molecule has 3 rings (SSSR count). The van der Waals surface area contributed by atoms with E-state index in [1.165, 1.54) is 10.4 Å². The van der Waals surface area contributed by atoms with E-state index in [1.807, 2.05) is 18.2 Å². The van der Waals surface area contributed by atoms with Crippen molar-refractivity contribution in [3.8, 4) is 0 Å². The molecular weight excluding hydrogens is 318 g/mol. The number of thiophene rings is 1. The van der Waals surface area contributed by atoms with Crippen molar-refractivity contribution in [2.24, 2.45) is 0 Å². The average molecular weight is 343 g/mol. The average Bonchev–Trinajstić information content (AvgIpc) is 3.17. The molecule has 0 radical (unpaired) electrons. The second kappa shape index (κ2) is 8.45. The van der Waals surface area contributed by atoms with Crippen LogP contribution >= 0.6 is 11.3 Å². The van der Waals surface area contributed by atoms with Gasteiger partial charge in [-0.2, -0.15) is 0 Å². The predicted molar refractivity (Wildman–Crippen MR) is 98.4 cm³/mol. The molecule has 1 aromatic carbocycles. The van der Waals surface area contributed by atoms with Crippen LogP contribution in [0.1, 0.15) is 36.1 Å². The third kappa shape index (κ3) is 4.46. The largest absolute Gasteiger partial charge is 0.381 e. The van der Waals surface area contributed by atoms with Gasteiger partial charge in [0, 0.05) is 36.5 Å². The highest BCUT2D eigenvalue weighted by Gasteiger charge is 2.35. The summed E-state index contributed by atoms with van der Waals surface area (Å²) in [7, 11) is 0. The Balaban J connectivity index is 1.48. The maximum Gasteiger partial charge on any atom is 0.220 e. The van der Waals surface area contributed by atoms with Gasteiger partial charge in [-0.1, -0.05) is 36.4 Å². The number of amides is 1. The predicted octanol–water partition coefficient (Wildman–Crippen LogP) is 3.94. The SMILES string of the molecule is O=C(CCCc1ccccc1)NCC1(c2cccs2)CCOCC1. The standard InChI is InChI=1S/C20H25NO2S/c22-19(10-4-8-17-6-2-1-3-7-17)21-16-20(11-13-23-14-12-20)18-9-5-15-24-18/h1-3,5-7,9,15H,4,8,10-14,16H2,(H,21,22). The van der Waals surface area contributed by atoms with Gasteiger partial charge in [-0.25, -0.2) is 0 Å². The first kappa shape index (κ1) is 17.2. The second-order valence-corrected chi connectivity index (χ2v) is 7.43. The molecule has 1 amide bonds. The van der Waals surface area contributed by atoms with Crippen LogP contribution in [0.5, 0.6) is 0 Å². The van der Waals surface area contributed by atoms with Gasteiger partial charge in [-0.05, 0) is 42.7 Å². The van der Waals surface area contributed by atoms with E-state index in [4.69, 9.17) is 4.74 Å².